The molecule has 2 rings (SSSR count). The molecule has 0 aliphatic rings. The molecule has 0 saturated heterocycles. The number of hydrogen-bond donors (Lipinski definition) is 1. The zero-order valence-electron chi connectivity index (χ0n) is 10.6. The Labute approximate surface area is 112 Å². The molecule has 0 bridgehead atoms. The summed E-state index contributed by atoms with van der Waals surface area (Å²) in [5.41, 5.74) is 1.78. The third-order valence-corrected chi connectivity index (χ3v) is 3.38. The van der Waals surface area contributed by atoms with Crippen molar-refractivity contribution in [2.75, 3.05) is 0 Å². The van der Waals surface area contributed by atoms with Gasteiger partial charge in [0, 0.05) is 24.0 Å². The Kier molecular flexibility index (Phi) is 4.04. The summed E-state index contributed by atoms with van der Waals surface area (Å²) in [5, 5.41) is 11.1. The van der Waals surface area contributed by atoms with E-state index in [4.69, 9.17) is 11.6 Å². The van der Waals surface area contributed by atoms with Crippen LogP contribution in [0.2, 0.25) is 5.02 Å². The Balaban J connectivity index is 2.32. The van der Waals surface area contributed by atoms with Gasteiger partial charge in [0.2, 0.25) is 0 Å². The minimum absolute atomic E-state index is 0.679. The molecule has 1 atom stereocenters. The quantitative estimate of drug-likeness (QED) is 0.920. The molecular weight excluding hydrogens is 248 g/mol. The van der Waals surface area contributed by atoms with Gasteiger partial charge in [-0.3, -0.25) is 0 Å². The predicted octanol–water partition coefficient (Wildman–Crippen LogP) is 3.34. The number of aliphatic hydroxyl groups excluding tert-OH is 1. The van der Waals surface area contributed by atoms with Gasteiger partial charge in [-0.1, -0.05) is 30.7 Å². The molecule has 3 nitrogen and oxygen atoms in total. The van der Waals surface area contributed by atoms with Crippen LogP contribution in [-0.2, 0) is 6.54 Å². The molecule has 4 heteroatoms. The fraction of sp³-hybridized carbons (Fsp3) is 0.357. The molecule has 96 valence electrons. The van der Waals surface area contributed by atoms with Gasteiger partial charge in [0.25, 0.3) is 0 Å². The molecule has 0 aliphatic carbocycles. The lowest BCUT2D eigenvalue weighted by atomic mass is 10.1. The highest BCUT2D eigenvalue weighted by Crippen LogP contribution is 2.24. The zero-order chi connectivity index (χ0) is 13.1. The van der Waals surface area contributed by atoms with Crippen LogP contribution < -0.4 is 0 Å². The molecule has 1 aromatic heterocycles. The summed E-state index contributed by atoms with van der Waals surface area (Å²) >= 11 is 5.99. The van der Waals surface area contributed by atoms with Crippen molar-refractivity contribution in [3.63, 3.8) is 0 Å². The fourth-order valence-corrected chi connectivity index (χ4v) is 2.10. The first-order chi connectivity index (χ1) is 8.63. The van der Waals surface area contributed by atoms with Crippen LogP contribution in [0, 0.1) is 6.92 Å². The van der Waals surface area contributed by atoms with E-state index in [1.54, 1.807) is 6.20 Å². The number of halogens is 1. The van der Waals surface area contributed by atoms with Crippen LogP contribution in [0.25, 0.3) is 0 Å². The predicted molar refractivity (Wildman–Crippen MR) is 72.8 cm³/mol. The first kappa shape index (κ1) is 13.1. The standard InChI is InChI=1S/C14H17ClN2O/c1-3-7-17-8-6-16-14(17)13(18)11-4-5-12(15)10(2)9-11/h4-6,8-9,13,18H,3,7H2,1-2H3. The molecule has 0 radical (unpaired) electrons. The van der Waals surface area contributed by atoms with E-state index in [1.165, 1.54) is 0 Å². The van der Waals surface area contributed by atoms with E-state index in [9.17, 15) is 5.11 Å². The van der Waals surface area contributed by atoms with Gasteiger partial charge in [0.1, 0.15) is 11.9 Å². The maximum absolute atomic E-state index is 10.4. The van der Waals surface area contributed by atoms with E-state index in [0.29, 0.717) is 10.8 Å². The SMILES string of the molecule is CCCn1ccnc1C(O)c1ccc(Cl)c(C)c1. The third kappa shape index (κ3) is 2.57. The molecule has 0 aliphatic heterocycles. The van der Waals surface area contributed by atoms with Crippen LogP contribution in [-0.4, -0.2) is 14.7 Å². The van der Waals surface area contributed by atoms with E-state index < -0.39 is 6.10 Å². The van der Waals surface area contributed by atoms with Crippen LogP contribution in [0.4, 0.5) is 0 Å². The summed E-state index contributed by atoms with van der Waals surface area (Å²) in [4.78, 5) is 4.24. The van der Waals surface area contributed by atoms with Gasteiger partial charge in [-0.2, -0.15) is 0 Å². The summed E-state index contributed by atoms with van der Waals surface area (Å²) < 4.78 is 1.98. The first-order valence-corrected chi connectivity index (χ1v) is 6.46. The van der Waals surface area contributed by atoms with E-state index in [0.717, 1.165) is 24.1 Å². The molecule has 1 unspecified atom stereocenters. The molecule has 1 heterocycles. The number of hydrogen-bond acceptors (Lipinski definition) is 2. The molecule has 0 spiro atoms. The molecule has 0 saturated carbocycles. The first-order valence-electron chi connectivity index (χ1n) is 6.08. The lowest BCUT2D eigenvalue weighted by Crippen LogP contribution is -2.09. The number of aryl methyl sites for hydroxylation is 2. The molecule has 2 aromatic rings. The molecule has 18 heavy (non-hydrogen) atoms. The smallest absolute Gasteiger partial charge is 0.142 e. The van der Waals surface area contributed by atoms with Gasteiger partial charge in [0.15, 0.2) is 0 Å². The largest absolute Gasteiger partial charge is 0.380 e. The second-order valence-electron chi connectivity index (χ2n) is 4.39. The van der Waals surface area contributed by atoms with Gasteiger partial charge in [-0.05, 0) is 30.5 Å². The zero-order valence-corrected chi connectivity index (χ0v) is 11.4. The monoisotopic (exact) mass is 264 g/mol. The van der Waals surface area contributed by atoms with Gasteiger partial charge in [-0.15, -0.1) is 0 Å². The maximum atomic E-state index is 10.4. The normalized spacial score (nSPS) is 12.7. The van der Waals surface area contributed by atoms with Gasteiger partial charge < -0.3 is 9.67 Å². The van der Waals surface area contributed by atoms with Crippen molar-refractivity contribution in [3.8, 4) is 0 Å². The van der Waals surface area contributed by atoms with Crippen LogP contribution >= 0.6 is 11.6 Å². The highest BCUT2D eigenvalue weighted by molar-refractivity contribution is 6.31. The summed E-state index contributed by atoms with van der Waals surface area (Å²) in [6.45, 7) is 4.89. The van der Waals surface area contributed by atoms with E-state index >= 15 is 0 Å². The number of nitrogens with zero attached hydrogens (tertiary/aromatic N) is 2. The number of aliphatic hydroxyl groups is 1. The minimum atomic E-state index is -0.706. The third-order valence-electron chi connectivity index (χ3n) is 2.95. The second kappa shape index (κ2) is 5.55. The molecule has 1 N–H and O–H groups in total. The average molecular weight is 265 g/mol. The Morgan fingerprint density at radius 1 is 1.44 bits per heavy atom. The van der Waals surface area contributed by atoms with Crippen molar-refractivity contribution in [2.24, 2.45) is 0 Å². The Bertz CT molecular complexity index is 536. The summed E-state index contributed by atoms with van der Waals surface area (Å²) in [6.07, 6.45) is 3.92. The maximum Gasteiger partial charge on any atom is 0.142 e. The van der Waals surface area contributed by atoms with Crippen molar-refractivity contribution in [2.45, 2.75) is 32.9 Å². The van der Waals surface area contributed by atoms with E-state index in [1.807, 2.05) is 35.9 Å². The van der Waals surface area contributed by atoms with Crippen molar-refractivity contribution >= 4 is 11.6 Å². The number of aromatic nitrogens is 2. The molecule has 0 fully saturated rings. The van der Waals surface area contributed by atoms with Crippen molar-refractivity contribution in [1.29, 1.82) is 0 Å². The number of imidazole rings is 1. The topological polar surface area (TPSA) is 38.0 Å². The van der Waals surface area contributed by atoms with Gasteiger partial charge in [-0.25, -0.2) is 4.98 Å². The fourth-order valence-electron chi connectivity index (χ4n) is 1.99. The van der Waals surface area contributed by atoms with Crippen molar-refractivity contribution in [3.05, 3.63) is 52.6 Å². The lowest BCUT2D eigenvalue weighted by Gasteiger charge is -2.14. The van der Waals surface area contributed by atoms with Crippen molar-refractivity contribution in [1.82, 2.24) is 9.55 Å². The Morgan fingerprint density at radius 2 is 2.22 bits per heavy atom. The Morgan fingerprint density at radius 3 is 2.89 bits per heavy atom. The molecular formula is C14H17ClN2O. The van der Waals surface area contributed by atoms with Crippen LogP contribution in [0.3, 0.4) is 0 Å². The molecule has 1 aromatic carbocycles. The van der Waals surface area contributed by atoms with Crippen LogP contribution in [0.1, 0.15) is 36.4 Å². The minimum Gasteiger partial charge on any atom is -0.380 e. The van der Waals surface area contributed by atoms with Gasteiger partial charge in [0.05, 0.1) is 0 Å². The van der Waals surface area contributed by atoms with E-state index in [-0.39, 0.29) is 0 Å². The Hall–Kier alpha value is -1.32. The van der Waals surface area contributed by atoms with Crippen LogP contribution in [0.5, 0.6) is 0 Å². The summed E-state index contributed by atoms with van der Waals surface area (Å²) in [7, 11) is 0. The summed E-state index contributed by atoms with van der Waals surface area (Å²) in [6, 6.07) is 5.55. The van der Waals surface area contributed by atoms with Gasteiger partial charge >= 0.3 is 0 Å². The summed E-state index contributed by atoms with van der Waals surface area (Å²) in [5.74, 6) is 0.679. The number of benzene rings is 1. The lowest BCUT2D eigenvalue weighted by molar-refractivity contribution is 0.204. The average Bonchev–Trinajstić information content (AvgIpc) is 2.80. The van der Waals surface area contributed by atoms with Crippen molar-refractivity contribution < 1.29 is 5.11 Å². The highest BCUT2D eigenvalue weighted by atomic mass is 35.5. The van der Waals surface area contributed by atoms with E-state index in [2.05, 4.69) is 11.9 Å². The highest BCUT2D eigenvalue weighted by Gasteiger charge is 2.16. The number of rotatable bonds is 4. The second-order valence-corrected chi connectivity index (χ2v) is 4.80. The van der Waals surface area contributed by atoms with Crippen LogP contribution in [0.15, 0.2) is 30.6 Å². The molecule has 0 amide bonds.